The van der Waals surface area contributed by atoms with Gasteiger partial charge in [0.2, 0.25) is 0 Å². The molecule has 0 aliphatic rings. The zero-order chi connectivity index (χ0) is 6.41. The van der Waals surface area contributed by atoms with Gasteiger partial charge in [-0.1, -0.05) is 6.92 Å². The molecule has 0 aromatic carbocycles. The van der Waals surface area contributed by atoms with E-state index in [4.69, 9.17) is 0 Å². The molecule has 3 N–H and O–H groups in total. The minimum absolute atomic E-state index is 0.503. The van der Waals surface area contributed by atoms with Crippen molar-refractivity contribution < 1.29 is 9.63 Å². The summed E-state index contributed by atoms with van der Waals surface area (Å²) in [6.07, 6.45) is 0.861. The van der Waals surface area contributed by atoms with Gasteiger partial charge in [-0.05, 0) is 6.42 Å². The first-order valence-corrected chi connectivity index (χ1v) is 2.44. The van der Waals surface area contributed by atoms with Crippen LogP contribution >= 0.6 is 0 Å². The highest BCUT2D eigenvalue weighted by molar-refractivity contribution is 5.70. The van der Waals surface area contributed by atoms with E-state index in [1.165, 1.54) is 0 Å². The van der Waals surface area contributed by atoms with Crippen molar-refractivity contribution in [3.05, 3.63) is 0 Å². The first kappa shape index (κ1) is 7.23. The largest absolute Gasteiger partial charge is 0.350 e. The average molecular weight is 118 g/mol. The second kappa shape index (κ2) is 4.39. The van der Waals surface area contributed by atoms with Crippen molar-refractivity contribution in [1.82, 2.24) is 5.48 Å². The van der Waals surface area contributed by atoms with Gasteiger partial charge < -0.3 is 5.73 Å². The molecule has 0 radical (unpaired) electrons. The van der Waals surface area contributed by atoms with Crippen molar-refractivity contribution in [2.24, 2.45) is 5.73 Å². The molecule has 0 fully saturated rings. The molecule has 0 spiro atoms. The maximum Gasteiger partial charge on any atom is 0.336 e. The Morgan fingerprint density at radius 1 is 1.88 bits per heavy atom. The molecule has 0 aliphatic carbocycles. The molecule has 0 aliphatic heterocycles. The Bertz CT molecular complexity index is 74.4. The standard InChI is InChI=1S/C4H10N2O2/c1-2-3-8-6-4(5)7/h2-3H2,1H3,(H3,5,6,7). The Morgan fingerprint density at radius 3 is 2.88 bits per heavy atom. The Kier molecular flexibility index (Phi) is 3.97. The zero-order valence-electron chi connectivity index (χ0n) is 4.81. The number of carbonyl (C=O) groups excluding carboxylic acids is 1. The molecule has 4 nitrogen and oxygen atoms in total. The Hall–Kier alpha value is -0.770. The van der Waals surface area contributed by atoms with Crippen LogP contribution in [0.2, 0.25) is 0 Å². The Morgan fingerprint density at radius 2 is 2.50 bits per heavy atom. The summed E-state index contributed by atoms with van der Waals surface area (Å²) in [4.78, 5) is 14.4. The molecule has 0 rings (SSSR count). The zero-order valence-corrected chi connectivity index (χ0v) is 4.81. The van der Waals surface area contributed by atoms with Gasteiger partial charge in [0.25, 0.3) is 0 Å². The van der Waals surface area contributed by atoms with Crippen LogP contribution in [0.5, 0.6) is 0 Å². The van der Waals surface area contributed by atoms with Gasteiger partial charge in [-0.2, -0.15) is 0 Å². The monoisotopic (exact) mass is 118 g/mol. The molecule has 0 bridgehead atoms. The lowest BCUT2D eigenvalue weighted by atomic mass is 10.5. The second-order valence-corrected chi connectivity index (χ2v) is 1.31. The number of hydrogen-bond donors (Lipinski definition) is 2. The molecular weight excluding hydrogens is 108 g/mol. The third-order valence-electron chi connectivity index (χ3n) is 0.479. The number of nitrogens with one attached hydrogen (secondary N) is 1. The van der Waals surface area contributed by atoms with Crippen LogP contribution in [0.4, 0.5) is 4.79 Å². The van der Waals surface area contributed by atoms with Crippen LogP contribution < -0.4 is 11.2 Å². The summed E-state index contributed by atoms with van der Waals surface area (Å²) in [6, 6.07) is -0.654. The van der Waals surface area contributed by atoms with Crippen LogP contribution in [-0.4, -0.2) is 12.6 Å². The van der Waals surface area contributed by atoms with Gasteiger partial charge in [-0.25, -0.2) is 10.3 Å². The highest BCUT2D eigenvalue weighted by atomic mass is 16.7. The summed E-state index contributed by atoms with van der Waals surface area (Å²) in [6.45, 7) is 2.44. The van der Waals surface area contributed by atoms with Crippen molar-refractivity contribution >= 4 is 6.03 Å². The minimum atomic E-state index is -0.654. The maximum atomic E-state index is 9.86. The average Bonchev–Trinajstić information content (AvgIpc) is 1.66. The van der Waals surface area contributed by atoms with Crippen molar-refractivity contribution in [3.63, 3.8) is 0 Å². The van der Waals surface area contributed by atoms with E-state index in [1.54, 1.807) is 0 Å². The number of rotatable bonds is 3. The van der Waals surface area contributed by atoms with Gasteiger partial charge in [0, 0.05) is 0 Å². The second-order valence-electron chi connectivity index (χ2n) is 1.31. The number of carbonyl (C=O) groups is 1. The molecule has 0 aromatic rings. The smallest absolute Gasteiger partial charge is 0.336 e. The molecule has 48 valence electrons. The van der Waals surface area contributed by atoms with Gasteiger partial charge >= 0.3 is 6.03 Å². The van der Waals surface area contributed by atoms with Crippen LogP contribution in [-0.2, 0) is 4.84 Å². The molecule has 0 unspecified atom stereocenters. The quantitative estimate of drug-likeness (QED) is 0.404. The summed E-state index contributed by atoms with van der Waals surface area (Å²) >= 11 is 0. The topological polar surface area (TPSA) is 64.3 Å². The first-order chi connectivity index (χ1) is 3.77. The lowest BCUT2D eigenvalue weighted by molar-refractivity contribution is 0.0649. The van der Waals surface area contributed by atoms with Gasteiger partial charge in [0.05, 0.1) is 6.61 Å². The van der Waals surface area contributed by atoms with Gasteiger partial charge in [0.1, 0.15) is 0 Å². The van der Waals surface area contributed by atoms with Gasteiger partial charge in [0.15, 0.2) is 0 Å². The van der Waals surface area contributed by atoms with Crippen molar-refractivity contribution in [2.75, 3.05) is 6.61 Å². The molecule has 0 atom stereocenters. The number of primary amides is 1. The summed E-state index contributed by atoms with van der Waals surface area (Å²) in [5.74, 6) is 0. The van der Waals surface area contributed by atoms with Crippen LogP contribution in [0.15, 0.2) is 0 Å². The summed E-state index contributed by atoms with van der Waals surface area (Å²) in [5.41, 5.74) is 6.64. The Balaban J connectivity index is 2.82. The lowest BCUT2D eigenvalue weighted by Gasteiger charge is -1.97. The molecule has 4 heteroatoms. The van der Waals surface area contributed by atoms with E-state index in [-0.39, 0.29) is 0 Å². The molecule has 2 amide bonds. The summed E-state index contributed by atoms with van der Waals surface area (Å²) < 4.78 is 0. The predicted molar refractivity (Wildman–Crippen MR) is 29.0 cm³/mol. The van der Waals surface area contributed by atoms with Crippen LogP contribution in [0, 0.1) is 0 Å². The van der Waals surface area contributed by atoms with Crippen LogP contribution in [0.25, 0.3) is 0 Å². The van der Waals surface area contributed by atoms with E-state index < -0.39 is 6.03 Å². The first-order valence-electron chi connectivity index (χ1n) is 2.44. The Labute approximate surface area is 48.0 Å². The molecular formula is C4H10N2O2. The SMILES string of the molecule is CCCONC(N)=O. The fourth-order valence-electron chi connectivity index (χ4n) is 0.224. The van der Waals surface area contributed by atoms with E-state index in [0.29, 0.717) is 6.61 Å². The number of amides is 2. The van der Waals surface area contributed by atoms with Crippen molar-refractivity contribution in [1.29, 1.82) is 0 Å². The van der Waals surface area contributed by atoms with Crippen LogP contribution in [0.3, 0.4) is 0 Å². The van der Waals surface area contributed by atoms with Crippen molar-refractivity contribution in [3.8, 4) is 0 Å². The number of nitrogens with two attached hydrogens (primary N) is 1. The van der Waals surface area contributed by atoms with E-state index in [9.17, 15) is 4.79 Å². The number of hydrogen-bond acceptors (Lipinski definition) is 2. The molecule has 0 saturated carbocycles. The molecule has 0 heterocycles. The van der Waals surface area contributed by atoms with E-state index >= 15 is 0 Å². The maximum absolute atomic E-state index is 9.86. The fourth-order valence-corrected chi connectivity index (χ4v) is 0.224. The van der Waals surface area contributed by atoms with Crippen molar-refractivity contribution in [2.45, 2.75) is 13.3 Å². The fraction of sp³-hybridized carbons (Fsp3) is 0.750. The van der Waals surface area contributed by atoms with Gasteiger partial charge in [-0.3, -0.25) is 4.84 Å². The van der Waals surface area contributed by atoms with Crippen LogP contribution in [0.1, 0.15) is 13.3 Å². The van der Waals surface area contributed by atoms with E-state index in [1.807, 2.05) is 12.4 Å². The van der Waals surface area contributed by atoms with Gasteiger partial charge in [-0.15, -0.1) is 0 Å². The predicted octanol–water partition coefficient (Wildman–Crippen LogP) is -0.00370. The molecule has 8 heavy (non-hydrogen) atoms. The highest BCUT2D eigenvalue weighted by Gasteiger charge is 1.86. The number of urea groups is 1. The molecule has 0 aromatic heterocycles. The normalized spacial score (nSPS) is 8.62. The highest BCUT2D eigenvalue weighted by Crippen LogP contribution is 1.72. The third-order valence-corrected chi connectivity index (χ3v) is 0.479. The molecule has 0 saturated heterocycles. The minimum Gasteiger partial charge on any atom is -0.350 e. The summed E-state index contributed by atoms with van der Waals surface area (Å²) in [5, 5.41) is 0. The van der Waals surface area contributed by atoms with E-state index in [0.717, 1.165) is 6.42 Å². The summed E-state index contributed by atoms with van der Waals surface area (Å²) in [7, 11) is 0. The van der Waals surface area contributed by atoms with E-state index in [2.05, 4.69) is 10.6 Å². The lowest BCUT2D eigenvalue weighted by Crippen LogP contribution is -2.29. The third kappa shape index (κ3) is 5.23. The number of hydroxylamine groups is 1.